The number of aromatic amines is 1. The van der Waals surface area contributed by atoms with Crippen molar-refractivity contribution in [1.29, 1.82) is 0 Å². The quantitative estimate of drug-likeness (QED) is 0.169. The first kappa shape index (κ1) is 29.6. The van der Waals surface area contributed by atoms with Crippen LogP contribution in [0.3, 0.4) is 0 Å². The van der Waals surface area contributed by atoms with Gasteiger partial charge in [-0.2, -0.15) is 13.9 Å². The first-order valence-electron chi connectivity index (χ1n) is 14.2. The van der Waals surface area contributed by atoms with Crippen molar-refractivity contribution in [3.05, 3.63) is 89.2 Å². The lowest BCUT2D eigenvalue weighted by atomic mass is 9.93. The number of carbonyl (C=O) groups is 1. The zero-order chi connectivity index (χ0) is 31.0. The van der Waals surface area contributed by atoms with E-state index in [-0.39, 0.29) is 23.8 Å². The Hall–Kier alpha value is -4.48. The van der Waals surface area contributed by atoms with E-state index < -0.39 is 12.4 Å². The van der Waals surface area contributed by atoms with Crippen molar-refractivity contribution in [3.63, 3.8) is 0 Å². The lowest BCUT2D eigenvalue weighted by Gasteiger charge is -2.32. The highest BCUT2D eigenvalue weighted by Gasteiger charge is 2.25. The van der Waals surface area contributed by atoms with Crippen LogP contribution in [0.2, 0.25) is 0 Å². The zero-order valence-corrected chi connectivity index (χ0v) is 25.0. The molecule has 0 saturated heterocycles. The average molecular weight is 618 g/mol. The Kier molecular flexibility index (Phi) is 8.24. The van der Waals surface area contributed by atoms with Crippen LogP contribution in [-0.4, -0.2) is 45.2 Å². The van der Waals surface area contributed by atoms with Crippen LogP contribution in [0.1, 0.15) is 30.7 Å². The molecule has 0 radical (unpaired) electrons. The van der Waals surface area contributed by atoms with E-state index in [9.17, 15) is 18.0 Å². The number of hydrogen-bond acceptors (Lipinski definition) is 6. The van der Waals surface area contributed by atoms with E-state index >= 15 is 0 Å². The number of nitrogens with one attached hydrogen (secondary N) is 2. The van der Waals surface area contributed by atoms with Crippen LogP contribution in [0, 0.1) is 5.82 Å². The fraction of sp³-hybridized carbons (Fsp3) is 0.242. The predicted molar refractivity (Wildman–Crippen MR) is 166 cm³/mol. The van der Waals surface area contributed by atoms with Gasteiger partial charge >= 0.3 is 6.61 Å². The molecule has 11 heteroatoms. The molecule has 226 valence electrons. The first-order chi connectivity index (χ1) is 21.2. The molecule has 0 bridgehead atoms. The second-order valence-corrected chi connectivity index (χ2v) is 11.8. The first-order valence-corrected chi connectivity index (χ1v) is 15.1. The highest BCUT2D eigenvalue weighted by atomic mass is 32.1. The number of carbonyl (C=O) groups excluding carboxylic acids is 1. The summed E-state index contributed by atoms with van der Waals surface area (Å²) in [6.45, 7) is 6.73. The number of amides is 1. The molecule has 2 aromatic carbocycles. The Labute approximate surface area is 256 Å². The minimum Gasteiger partial charge on any atom is -0.434 e. The molecule has 5 aromatic rings. The maximum Gasteiger partial charge on any atom is 0.387 e. The number of aromatic nitrogens is 3. The summed E-state index contributed by atoms with van der Waals surface area (Å²) in [5.74, 6) is -1.35. The van der Waals surface area contributed by atoms with Crippen molar-refractivity contribution >= 4 is 27.3 Å². The lowest BCUT2D eigenvalue weighted by Crippen LogP contribution is -2.35. The van der Waals surface area contributed by atoms with Gasteiger partial charge in [0.1, 0.15) is 23.0 Å². The van der Waals surface area contributed by atoms with Crippen LogP contribution >= 0.6 is 11.3 Å². The maximum absolute atomic E-state index is 14.3. The van der Waals surface area contributed by atoms with Crippen LogP contribution < -0.4 is 10.1 Å². The molecule has 1 amide bonds. The summed E-state index contributed by atoms with van der Waals surface area (Å²) in [5, 5.41) is 12.8. The van der Waals surface area contributed by atoms with Gasteiger partial charge < -0.3 is 10.1 Å². The molecule has 0 fully saturated rings. The topological polar surface area (TPSA) is 83.1 Å². The fourth-order valence-electron chi connectivity index (χ4n) is 5.57. The number of alkyl halides is 2. The molecule has 0 atom stereocenters. The van der Waals surface area contributed by atoms with Crippen molar-refractivity contribution in [3.8, 4) is 39.5 Å². The van der Waals surface area contributed by atoms with Crippen LogP contribution in [0.4, 0.5) is 13.2 Å². The number of ether oxygens (including phenoxy) is 1. The molecule has 2 N–H and O–H groups in total. The lowest BCUT2D eigenvalue weighted by molar-refractivity contribution is -0.116. The number of rotatable bonds is 9. The molecule has 44 heavy (non-hydrogen) atoms. The standard InChI is InChI=1S/C33H30F3N5O2S/c1-4-28(42)37-16-23-15-26(40-39-23)31-29(24-8-7-22(34)14-27(24)43-33(35)36)32-25(10-12-44-32)30(38-31)20-5-6-21-17-41(18(2)3)11-9-19(21)13-20/h4-8,10,12-15,18,33H,1,9,11,16-17H2,2-3H3,(H,37,42)(H,39,40). The number of fused-ring (bicyclic) bond motifs is 2. The molecule has 3 aromatic heterocycles. The number of hydrogen-bond donors (Lipinski definition) is 2. The summed E-state index contributed by atoms with van der Waals surface area (Å²) < 4.78 is 46.8. The molecule has 6 rings (SSSR count). The number of H-pyrrole nitrogens is 1. The van der Waals surface area contributed by atoms with E-state index in [0.717, 1.165) is 46.9 Å². The summed E-state index contributed by atoms with van der Waals surface area (Å²) in [7, 11) is 0. The monoisotopic (exact) mass is 617 g/mol. The van der Waals surface area contributed by atoms with Crippen molar-refractivity contribution in [2.24, 2.45) is 0 Å². The molecule has 0 aliphatic carbocycles. The highest BCUT2D eigenvalue weighted by Crippen LogP contribution is 2.46. The normalized spacial score (nSPS) is 13.4. The third kappa shape index (κ3) is 5.85. The second-order valence-electron chi connectivity index (χ2n) is 10.9. The molecular weight excluding hydrogens is 587 g/mol. The largest absolute Gasteiger partial charge is 0.434 e. The third-order valence-corrected chi connectivity index (χ3v) is 8.73. The van der Waals surface area contributed by atoms with Crippen molar-refractivity contribution in [2.75, 3.05) is 6.54 Å². The van der Waals surface area contributed by atoms with E-state index in [4.69, 9.17) is 9.72 Å². The second kappa shape index (κ2) is 12.3. The third-order valence-electron chi connectivity index (χ3n) is 7.80. The van der Waals surface area contributed by atoms with Gasteiger partial charge in [0.25, 0.3) is 0 Å². The van der Waals surface area contributed by atoms with E-state index in [1.165, 1.54) is 40.7 Å². The van der Waals surface area contributed by atoms with E-state index in [1.807, 2.05) is 11.4 Å². The van der Waals surface area contributed by atoms with Gasteiger partial charge in [0, 0.05) is 52.0 Å². The Morgan fingerprint density at radius 1 is 1.16 bits per heavy atom. The van der Waals surface area contributed by atoms with Crippen molar-refractivity contribution < 1.29 is 22.7 Å². The summed E-state index contributed by atoms with van der Waals surface area (Å²) >= 11 is 1.42. The number of halogens is 3. The SMILES string of the molecule is C=CC(=O)NCc1cc(-c2nc(-c3ccc4c(c3)CCN(C(C)C)C4)c3ccsc3c2-c2ccc(F)cc2OC(F)F)n[nH]1. The fourth-order valence-corrected chi connectivity index (χ4v) is 6.52. The van der Waals surface area contributed by atoms with Crippen molar-refractivity contribution in [2.45, 2.75) is 46.0 Å². The highest BCUT2D eigenvalue weighted by molar-refractivity contribution is 7.18. The van der Waals surface area contributed by atoms with E-state index in [0.29, 0.717) is 28.7 Å². The van der Waals surface area contributed by atoms with Crippen molar-refractivity contribution in [1.82, 2.24) is 25.4 Å². The number of benzene rings is 2. The van der Waals surface area contributed by atoms with Crippen LogP contribution in [0.5, 0.6) is 5.75 Å². The van der Waals surface area contributed by atoms with Gasteiger partial charge in [-0.25, -0.2) is 9.37 Å². The molecular formula is C33H30F3N5O2S. The van der Waals surface area contributed by atoms with Gasteiger partial charge in [-0.1, -0.05) is 18.7 Å². The van der Waals surface area contributed by atoms with Crippen LogP contribution in [-0.2, 0) is 24.3 Å². The number of pyridine rings is 1. The number of thiophene rings is 1. The molecule has 7 nitrogen and oxygen atoms in total. The predicted octanol–water partition coefficient (Wildman–Crippen LogP) is 7.33. The van der Waals surface area contributed by atoms with Gasteiger partial charge in [-0.15, -0.1) is 11.3 Å². The summed E-state index contributed by atoms with van der Waals surface area (Å²) in [4.78, 5) is 19.3. The van der Waals surface area contributed by atoms with E-state index in [1.54, 1.807) is 6.07 Å². The smallest absolute Gasteiger partial charge is 0.387 e. The summed E-state index contributed by atoms with van der Waals surface area (Å²) in [5.41, 5.74) is 6.38. The van der Waals surface area contributed by atoms with Crippen LogP contribution in [0.15, 0.2) is 66.6 Å². The molecule has 4 heterocycles. The zero-order valence-electron chi connectivity index (χ0n) is 24.2. The van der Waals surface area contributed by atoms with Crippen LogP contribution in [0.25, 0.3) is 43.9 Å². The average Bonchev–Trinajstić information content (AvgIpc) is 3.69. The van der Waals surface area contributed by atoms with Gasteiger partial charge in [-0.05, 0) is 73.2 Å². The van der Waals surface area contributed by atoms with Gasteiger partial charge in [0.05, 0.1) is 17.9 Å². The molecule has 0 spiro atoms. The Morgan fingerprint density at radius 3 is 2.77 bits per heavy atom. The van der Waals surface area contributed by atoms with Gasteiger partial charge in [0.2, 0.25) is 5.91 Å². The van der Waals surface area contributed by atoms with Gasteiger partial charge in [-0.3, -0.25) is 14.8 Å². The maximum atomic E-state index is 14.3. The Morgan fingerprint density at radius 2 is 2.00 bits per heavy atom. The molecule has 1 aliphatic rings. The molecule has 0 unspecified atom stereocenters. The molecule has 0 saturated carbocycles. The van der Waals surface area contributed by atoms with Gasteiger partial charge in [0.15, 0.2) is 0 Å². The Bertz CT molecular complexity index is 1870. The molecule has 1 aliphatic heterocycles. The summed E-state index contributed by atoms with van der Waals surface area (Å²) in [6, 6.07) is 14.1. The minimum atomic E-state index is -3.15. The summed E-state index contributed by atoms with van der Waals surface area (Å²) in [6.07, 6.45) is 2.09. The van der Waals surface area contributed by atoms with E-state index in [2.05, 4.69) is 59.0 Å². The Balaban J connectivity index is 1.54. The minimum absolute atomic E-state index is 0.162. The number of nitrogens with zero attached hydrogens (tertiary/aromatic N) is 3.